The fraction of sp³-hybridized carbons (Fsp3) is 0.250. The number of aliphatic hydroxyl groups excluding tert-OH is 1. The predicted molar refractivity (Wildman–Crippen MR) is 98.5 cm³/mol. The van der Waals surface area contributed by atoms with Gasteiger partial charge in [-0.2, -0.15) is 0 Å². The van der Waals surface area contributed by atoms with Crippen LogP contribution in [0.1, 0.15) is 6.42 Å². The molecular formula is C20H23NO4. The minimum Gasteiger partial charge on any atom is -0.497 e. The molecule has 0 spiro atoms. The Morgan fingerprint density at radius 2 is 1.48 bits per heavy atom. The van der Waals surface area contributed by atoms with Crippen molar-refractivity contribution in [2.24, 2.45) is 5.92 Å². The molecule has 5 nitrogen and oxygen atoms in total. The maximum absolute atomic E-state index is 13.0. The van der Waals surface area contributed by atoms with Gasteiger partial charge in [-0.1, -0.05) is 6.08 Å². The van der Waals surface area contributed by atoms with Gasteiger partial charge in [0.1, 0.15) is 11.5 Å². The summed E-state index contributed by atoms with van der Waals surface area (Å²) in [4.78, 5) is 14.6. The van der Waals surface area contributed by atoms with Gasteiger partial charge in [0, 0.05) is 11.4 Å². The van der Waals surface area contributed by atoms with E-state index in [2.05, 4.69) is 6.58 Å². The fourth-order valence-corrected chi connectivity index (χ4v) is 2.50. The molecule has 0 radical (unpaired) electrons. The average molecular weight is 341 g/mol. The van der Waals surface area contributed by atoms with Crippen molar-refractivity contribution in [3.8, 4) is 11.5 Å². The summed E-state index contributed by atoms with van der Waals surface area (Å²) in [6.07, 6.45) is 2.04. The van der Waals surface area contributed by atoms with Crippen molar-refractivity contribution in [2.45, 2.75) is 6.42 Å². The summed E-state index contributed by atoms with van der Waals surface area (Å²) in [5.74, 6) is 0.658. The number of anilines is 2. The van der Waals surface area contributed by atoms with Gasteiger partial charge in [-0.3, -0.25) is 9.69 Å². The number of rotatable bonds is 8. The monoisotopic (exact) mass is 341 g/mol. The second-order valence-electron chi connectivity index (χ2n) is 5.47. The Morgan fingerprint density at radius 1 is 1.04 bits per heavy atom. The molecule has 0 saturated heterocycles. The zero-order chi connectivity index (χ0) is 18.2. The number of benzene rings is 2. The minimum atomic E-state index is -0.554. The van der Waals surface area contributed by atoms with Crippen molar-refractivity contribution in [3.05, 3.63) is 61.2 Å². The van der Waals surface area contributed by atoms with E-state index in [0.717, 1.165) is 0 Å². The third-order valence-electron chi connectivity index (χ3n) is 3.90. The lowest BCUT2D eigenvalue weighted by atomic mass is 10.0. The summed E-state index contributed by atoms with van der Waals surface area (Å²) in [5.41, 5.74) is 1.39. The molecule has 2 aromatic rings. The van der Waals surface area contributed by atoms with Crippen molar-refractivity contribution in [3.63, 3.8) is 0 Å². The molecule has 1 atom stereocenters. The lowest BCUT2D eigenvalue weighted by Crippen LogP contribution is -2.34. The van der Waals surface area contributed by atoms with Crippen LogP contribution in [-0.4, -0.2) is 31.8 Å². The van der Waals surface area contributed by atoms with Crippen LogP contribution in [0.3, 0.4) is 0 Å². The molecule has 2 aromatic carbocycles. The number of allylic oxidation sites excluding steroid dienone is 1. The van der Waals surface area contributed by atoms with Crippen LogP contribution in [0.15, 0.2) is 61.2 Å². The highest BCUT2D eigenvalue weighted by Gasteiger charge is 2.25. The Morgan fingerprint density at radius 3 is 1.80 bits per heavy atom. The van der Waals surface area contributed by atoms with E-state index in [1.165, 1.54) is 0 Å². The third kappa shape index (κ3) is 4.39. The number of hydrogen-bond acceptors (Lipinski definition) is 4. The molecule has 0 aliphatic rings. The molecule has 25 heavy (non-hydrogen) atoms. The van der Waals surface area contributed by atoms with E-state index in [1.54, 1.807) is 49.5 Å². The summed E-state index contributed by atoms with van der Waals surface area (Å²) in [6.45, 7) is 3.42. The number of amides is 1. The summed E-state index contributed by atoms with van der Waals surface area (Å²) in [5, 5.41) is 9.60. The molecule has 0 unspecified atom stereocenters. The first-order valence-corrected chi connectivity index (χ1v) is 7.98. The highest BCUT2D eigenvalue weighted by molar-refractivity contribution is 6.02. The Kier molecular flexibility index (Phi) is 6.60. The third-order valence-corrected chi connectivity index (χ3v) is 3.90. The largest absolute Gasteiger partial charge is 0.497 e. The number of methoxy groups -OCH3 is 2. The summed E-state index contributed by atoms with van der Waals surface area (Å²) in [6, 6.07) is 14.4. The van der Waals surface area contributed by atoms with Crippen LogP contribution in [0.2, 0.25) is 0 Å². The number of carbonyl (C=O) groups excluding carboxylic acids is 1. The number of ether oxygens (including phenoxy) is 2. The second kappa shape index (κ2) is 8.89. The van der Waals surface area contributed by atoms with Gasteiger partial charge in [0.2, 0.25) is 5.91 Å². The van der Waals surface area contributed by atoms with E-state index in [1.807, 2.05) is 24.3 Å². The van der Waals surface area contributed by atoms with Crippen molar-refractivity contribution in [1.82, 2.24) is 0 Å². The maximum atomic E-state index is 13.0. The van der Waals surface area contributed by atoms with Crippen LogP contribution in [0.5, 0.6) is 11.5 Å². The predicted octanol–water partition coefficient (Wildman–Crippen LogP) is 3.55. The van der Waals surface area contributed by atoms with E-state index < -0.39 is 5.92 Å². The van der Waals surface area contributed by atoms with Gasteiger partial charge in [0.05, 0.1) is 26.7 Å². The Labute approximate surface area is 148 Å². The zero-order valence-corrected chi connectivity index (χ0v) is 14.5. The van der Waals surface area contributed by atoms with Crippen molar-refractivity contribution in [1.29, 1.82) is 0 Å². The van der Waals surface area contributed by atoms with E-state index in [-0.39, 0.29) is 12.5 Å². The van der Waals surface area contributed by atoms with Crippen LogP contribution >= 0.6 is 0 Å². The van der Waals surface area contributed by atoms with Crippen LogP contribution in [0.25, 0.3) is 0 Å². The summed E-state index contributed by atoms with van der Waals surface area (Å²) in [7, 11) is 3.18. The SMILES string of the molecule is C=CC[C@H](CO)C(=O)N(c1ccc(OC)cc1)c1ccc(OC)cc1. The zero-order valence-electron chi connectivity index (χ0n) is 14.5. The van der Waals surface area contributed by atoms with E-state index in [0.29, 0.717) is 29.3 Å². The molecule has 5 heteroatoms. The average Bonchev–Trinajstić information content (AvgIpc) is 2.67. The van der Waals surface area contributed by atoms with Crippen molar-refractivity contribution < 1.29 is 19.4 Å². The van der Waals surface area contributed by atoms with Gasteiger partial charge >= 0.3 is 0 Å². The number of carbonyl (C=O) groups is 1. The molecule has 0 saturated carbocycles. The molecule has 1 amide bonds. The molecule has 0 bridgehead atoms. The van der Waals surface area contributed by atoms with Gasteiger partial charge in [0.15, 0.2) is 0 Å². The molecule has 1 N–H and O–H groups in total. The Balaban J connectivity index is 2.44. The van der Waals surface area contributed by atoms with Gasteiger partial charge in [-0.05, 0) is 55.0 Å². The first-order valence-electron chi connectivity index (χ1n) is 7.98. The van der Waals surface area contributed by atoms with Crippen LogP contribution in [0.4, 0.5) is 11.4 Å². The van der Waals surface area contributed by atoms with Crippen molar-refractivity contribution in [2.75, 3.05) is 25.7 Å². The molecule has 2 rings (SSSR count). The van der Waals surface area contributed by atoms with Gasteiger partial charge < -0.3 is 14.6 Å². The topological polar surface area (TPSA) is 59.0 Å². The number of aliphatic hydroxyl groups is 1. The highest BCUT2D eigenvalue weighted by Crippen LogP contribution is 2.30. The molecule has 132 valence electrons. The van der Waals surface area contributed by atoms with Crippen LogP contribution in [0, 0.1) is 5.92 Å². The van der Waals surface area contributed by atoms with Gasteiger partial charge in [-0.25, -0.2) is 0 Å². The first kappa shape index (κ1) is 18.5. The highest BCUT2D eigenvalue weighted by atomic mass is 16.5. The second-order valence-corrected chi connectivity index (χ2v) is 5.47. The standard InChI is InChI=1S/C20H23NO4/c1-4-5-15(14-22)20(23)21(16-6-10-18(24-2)11-7-16)17-8-12-19(25-3)13-9-17/h4,6-13,15,22H,1,5,14H2,2-3H3/t15-/m1/s1. The summed E-state index contributed by atoms with van der Waals surface area (Å²) < 4.78 is 10.4. The van der Waals surface area contributed by atoms with E-state index >= 15 is 0 Å². The van der Waals surface area contributed by atoms with Gasteiger partial charge in [-0.15, -0.1) is 6.58 Å². The minimum absolute atomic E-state index is 0.197. The molecular weight excluding hydrogens is 318 g/mol. The fourth-order valence-electron chi connectivity index (χ4n) is 2.50. The lowest BCUT2D eigenvalue weighted by molar-refractivity contribution is -0.122. The van der Waals surface area contributed by atoms with Crippen LogP contribution in [-0.2, 0) is 4.79 Å². The molecule has 0 fully saturated rings. The Bertz CT molecular complexity index is 647. The number of nitrogens with zero attached hydrogens (tertiary/aromatic N) is 1. The molecule has 0 aromatic heterocycles. The summed E-state index contributed by atoms with van der Waals surface area (Å²) >= 11 is 0. The van der Waals surface area contributed by atoms with Crippen molar-refractivity contribution >= 4 is 17.3 Å². The lowest BCUT2D eigenvalue weighted by Gasteiger charge is -2.27. The van der Waals surface area contributed by atoms with Crippen LogP contribution < -0.4 is 14.4 Å². The van der Waals surface area contributed by atoms with Gasteiger partial charge in [0.25, 0.3) is 0 Å². The molecule has 0 heterocycles. The maximum Gasteiger partial charge on any atom is 0.237 e. The quantitative estimate of drug-likeness (QED) is 0.746. The molecule has 0 aliphatic carbocycles. The molecule has 0 aliphatic heterocycles. The van der Waals surface area contributed by atoms with E-state index in [4.69, 9.17) is 9.47 Å². The Hall–Kier alpha value is -2.79. The first-order chi connectivity index (χ1) is 12.1. The normalized spacial score (nSPS) is 11.5. The number of hydrogen-bond donors (Lipinski definition) is 1. The van der Waals surface area contributed by atoms with E-state index in [9.17, 15) is 9.90 Å². The smallest absolute Gasteiger partial charge is 0.237 e.